The van der Waals surface area contributed by atoms with Crippen LogP contribution in [-0.4, -0.2) is 58.7 Å². The summed E-state index contributed by atoms with van der Waals surface area (Å²) in [7, 11) is 0. The van der Waals surface area contributed by atoms with E-state index < -0.39 is 0 Å². The second kappa shape index (κ2) is 9.66. The minimum absolute atomic E-state index is 0.0156. The van der Waals surface area contributed by atoms with E-state index in [4.69, 9.17) is 0 Å². The largest absolute Gasteiger partial charge is 0.350 e. The van der Waals surface area contributed by atoms with Crippen LogP contribution in [-0.2, 0) is 0 Å². The molecular formula is C27H29F2N3O2. The van der Waals surface area contributed by atoms with Crippen molar-refractivity contribution < 1.29 is 18.4 Å². The van der Waals surface area contributed by atoms with E-state index in [0.717, 1.165) is 63.7 Å². The molecule has 1 aromatic heterocycles. The van der Waals surface area contributed by atoms with Gasteiger partial charge in [0, 0.05) is 41.5 Å². The SMILES string of the molecule is O=C(c1ccc(F)cc1)C1CCN(CC[C@@H]2CCCN2C(=O)c2cc3ccc(F)cc3[nH]2)CC1. The number of carbonyl (C=O) groups excluding carboxylic acids is 2. The number of amides is 1. The lowest BCUT2D eigenvalue weighted by Crippen LogP contribution is -2.41. The van der Waals surface area contributed by atoms with Gasteiger partial charge in [-0.3, -0.25) is 9.59 Å². The first-order chi connectivity index (χ1) is 16.5. The van der Waals surface area contributed by atoms with Crippen molar-refractivity contribution in [2.24, 2.45) is 5.92 Å². The van der Waals surface area contributed by atoms with Crippen LogP contribution in [0.2, 0.25) is 0 Å². The van der Waals surface area contributed by atoms with Crippen LogP contribution in [0, 0.1) is 17.6 Å². The number of Topliss-reactive ketones (excluding diaryl/α,β-unsaturated/α-hetero) is 1. The average molecular weight is 466 g/mol. The molecule has 2 aromatic carbocycles. The number of rotatable bonds is 6. The Morgan fingerprint density at radius 2 is 1.65 bits per heavy atom. The van der Waals surface area contributed by atoms with Crippen LogP contribution < -0.4 is 0 Å². The highest BCUT2D eigenvalue weighted by molar-refractivity contribution is 5.98. The van der Waals surface area contributed by atoms with E-state index >= 15 is 0 Å². The maximum Gasteiger partial charge on any atom is 0.270 e. The van der Waals surface area contributed by atoms with Crippen molar-refractivity contribution in [2.75, 3.05) is 26.2 Å². The van der Waals surface area contributed by atoms with Gasteiger partial charge in [-0.15, -0.1) is 0 Å². The molecule has 178 valence electrons. The standard InChI is InChI=1S/C27H29F2N3O2/c28-21-6-3-18(4-7-21)26(33)19-9-13-31(14-10-19)15-11-23-2-1-12-32(23)27(34)25-16-20-5-8-22(29)17-24(20)30-25/h3-8,16-17,19,23,30H,1-2,9-15H2/t23-/m0/s1. The zero-order chi connectivity index (χ0) is 23.7. The number of hydrogen-bond donors (Lipinski definition) is 1. The number of benzene rings is 2. The summed E-state index contributed by atoms with van der Waals surface area (Å²) in [6.07, 6.45) is 4.47. The van der Waals surface area contributed by atoms with Gasteiger partial charge in [0.05, 0.1) is 0 Å². The smallest absolute Gasteiger partial charge is 0.270 e. The minimum atomic E-state index is -0.329. The highest BCUT2D eigenvalue weighted by atomic mass is 19.1. The molecule has 7 heteroatoms. The van der Waals surface area contributed by atoms with Crippen molar-refractivity contribution in [3.05, 3.63) is 71.4 Å². The van der Waals surface area contributed by atoms with Gasteiger partial charge >= 0.3 is 0 Å². The first-order valence-electron chi connectivity index (χ1n) is 12.1. The summed E-state index contributed by atoms with van der Waals surface area (Å²) in [6.45, 7) is 3.34. The fraction of sp³-hybridized carbons (Fsp3) is 0.407. The van der Waals surface area contributed by atoms with Crippen molar-refractivity contribution in [2.45, 2.75) is 38.1 Å². The fourth-order valence-electron chi connectivity index (χ4n) is 5.37. The number of nitrogens with zero attached hydrogens (tertiary/aromatic N) is 2. The second-order valence-electron chi connectivity index (χ2n) is 9.48. The highest BCUT2D eigenvalue weighted by Gasteiger charge is 2.31. The Labute approximate surface area is 197 Å². The molecule has 1 amide bonds. The first kappa shape index (κ1) is 22.7. The van der Waals surface area contributed by atoms with Crippen LogP contribution in [0.1, 0.15) is 53.0 Å². The summed E-state index contributed by atoms with van der Waals surface area (Å²) in [6, 6.07) is 12.3. The van der Waals surface area contributed by atoms with Crippen LogP contribution in [0.25, 0.3) is 10.9 Å². The minimum Gasteiger partial charge on any atom is -0.350 e. The molecule has 3 heterocycles. The second-order valence-corrected chi connectivity index (χ2v) is 9.48. The molecule has 0 aliphatic carbocycles. The molecule has 0 bridgehead atoms. The van der Waals surface area contributed by atoms with Crippen molar-refractivity contribution in [1.29, 1.82) is 0 Å². The molecule has 2 fully saturated rings. The zero-order valence-corrected chi connectivity index (χ0v) is 19.1. The molecule has 1 N–H and O–H groups in total. The Bertz CT molecular complexity index is 1180. The van der Waals surface area contributed by atoms with Crippen molar-refractivity contribution in [1.82, 2.24) is 14.8 Å². The van der Waals surface area contributed by atoms with Crippen LogP contribution in [0.5, 0.6) is 0 Å². The number of fused-ring (bicyclic) bond motifs is 1. The Hall–Kier alpha value is -3.06. The molecule has 2 aliphatic heterocycles. The molecule has 3 aromatic rings. The van der Waals surface area contributed by atoms with Gasteiger partial charge in [-0.1, -0.05) is 0 Å². The third-order valence-electron chi connectivity index (χ3n) is 7.32. The summed E-state index contributed by atoms with van der Waals surface area (Å²) in [5.74, 6) is -0.592. The van der Waals surface area contributed by atoms with Crippen LogP contribution in [0.3, 0.4) is 0 Å². The lowest BCUT2D eigenvalue weighted by molar-refractivity contribution is 0.0700. The van der Waals surface area contributed by atoms with Crippen molar-refractivity contribution >= 4 is 22.6 Å². The maximum absolute atomic E-state index is 13.5. The lowest BCUT2D eigenvalue weighted by Gasteiger charge is -2.33. The van der Waals surface area contributed by atoms with Crippen molar-refractivity contribution in [3.63, 3.8) is 0 Å². The quantitative estimate of drug-likeness (QED) is 0.519. The molecule has 2 aliphatic rings. The summed E-state index contributed by atoms with van der Waals surface area (Å²) >= 11 is 0. The molecule has 5 rings (SSSR count). The lowest BCUT2D eigenvalue weighted by atomic mass is 9.88. The van der Waals surface area contributed by atoms with E-state index in [0.29, 0.717) is 16.8 Å². The first-order valence-corrected chi connectivity index (χ1v) is 12.1. The van der Waals surface area contributed by atoms with Gasteiger partial charge in [0.15, 0.2) is 5.78 Å². The number of hydrogen-bond acceptors (Lipinski definition) is 3. The predicted octanol–water partition coefficient (Wildman–Crippen LogP) is 5.04. The van der Waals surface area contributed by atoms with Gasteiger partial charge in [-0.2, -0.15) is 0 Å². The summed E-state index contributed by atoms with van der Waals surface area (Å²) < 4.78 is 26.6. The number of halogens is 2. The third-order valence-corrected chi connectivity index (χ3v) is 7.32. The van der Waals surface area contributed by atoms with Gasteiger partial charge in [0.25, 0.3) is 5.91 Å². The van der Waals surface area contributed by atoms with E-state index in [1.807, 2.05) is 4.90 Å². The number of likely N-dealkylation sites (tertiary alicyclic amines) is 2. The van der Waals surface area contributed by atoms with Gasteiger partial charge in [-0.25, -0.2) is 8.78 Å². The molecule has 0 radical (unpaired) electrons. The van der Waals surface area contributed by atoms with Gasteiger partial charge in [-0.05, 0) is 93.7 Å². The number of nitrogens with one attached hydrogen (secondary N) is 1. The Kier molecular flexibility index (Phi) is 6.46. The number of H-pyrrole nitrogens is 1. The predicted molar refractivity (Wildman–Crippen MR) is 127 cm³/mol. The molecule has 2 saturated heterocycles. The van der Waals surface area contributed by atoms with Crippen LogP contribution >= 0.6 is 0 Å². The molecule has 5 nitrogen and oxygen atoms in total. The Morgan fingerprint density at radius 3 is 2.41 bits per heavy atom. The monoisotopic (exact) mass is 465 g/mol. The van der Waals surface area contributed by atoms with E-state index in [1.54, 1.807) is 24.3 Å². The third kappa shape index (κ3) is 4.75. The zero-order valence-electron chi connectivity index (χ0n) is 19.1. The molecule has 0 saturated carbocycles. The summed E-state index contributed by atoms with van der Waals surface area (Å²) in [4.78, 5) is 33.3. The normalized spacial score (nSPS) is 19.7. The van der Waals surface area contributed by atoms with E-state index in [1.165, 1.54) is 24.3 Å². The molecular weight excluding hydrogens is 436 g/mol. The topological polar surface area (TPSA) is 56.4 Å². The van der Waals surface area contributed by atoms with Gasteiger partial charge < -0.3 is 14.8 Å². The number of piperidine rings is 1. The molecule has 1 atom stereocenters. The number of carbonyl (C=O) groups is 2. The molecule has 34 heavy (non-hydrogen) atoms. The Morgan fingerprint density at radius 1 is 0.912 bits per heavy atom. The summed E-state index contributed by atoms with van der Waals surface area (Å²) in [5, 5.41) is 0.832. The van der Waals surface area contributed by atoms with E-state index in [9.17, 15) is 18.4 Å². The molecule has 0 unspecified atom stereocenters. The number of aromatic amines is 1. The maximum atomic E-state index is 13.5. The highest BCUT2D eigenvalue weighted by Crippen LogP contribution is 2.26. The van der Waals surface area contributed by atoms with Crippen LogP contribution in [0.4, 0.5) is 8.78 Å². The Balaban J connectivity index is 1.14. The van der Waals surface area contributed by atoms with Gasteiger partial charge in [0.1, 0.15) is 17.3 Å². The van der Waals surface area contributed by atoms with Gasteiger partial charge in [0.2, 0.25) is 0 Å². The molecule has 0 spiro atoms. The van der Waals surface area contributed by atoms with E-state index in [2.05, 4.69) is 9.88 Å². The average Bonchev–Trinajstić information content (AvgIpc) is 3.49. The number of aromatic nitrogens is 1. The van der Waals surface area contributed by atoms with Crippen molar-refractivity contribution in [3.8, 4) is 0 Å². The fourth-order valence-corrected chi connectivity index (χ4v) is 5.37. The summed E-state index contributed by atoms with van der Waals surface area (Å²) in [5.41, 5.74) is 1.73. The van der Waals surface area contributed by atoms with Crippen LogP contribution in [0.15, 0.2) is 48.5 Å². The number of ketones is 1. The van der Waals surface area contributed by atoms with E-state index in [-0.39, 0.29) is 35.3 Å².